The molecule has 0 saturated carbocycles. The highest BCUT2D eigenvalue weighted by Gasteiger charge is 2.17. The van der Waals surface area contributed by atoms with Crippen LogP contribution in [-0.2, 0) is 17.9 Å². The minimum Gasteiger partial charge on any atom is -0.480 e. The summed E-state index contributed by atoms with van der Waals surface area (Å²) >= 11 is 0. The molecule has 124 valence electrons. The van der Waals surface area contributed by atoms with Crippen LogP contribution in [0.25, 0.3) is 10.8 Å². The summed E-state index contributed by atoms with van der Waals surface area (Å²) in [6, 6.07) is 6.47. The predicted octanol–water partition coefficient (Wildman–Crippen LogP) is 2.09. The van der Waals surface area contributed by atoms with Crippen molar-refractivity contribution in [2.45, 2.75) is 26.9 Å². The van der Waals surface area contributed by atoms with E-state index in [-0.39, 0.29) is 12.4 Å². The number of carbonyl (C=O) groups is 1. The first-order chi connectivity index (χ1) is 11.4. The summed E-state index contributed by atoms with van der Waals surface area (Å²) in [5, 5.41) is 13.9. The molecule has 0 amide bonds. The molecule has 0 unspecified atom stereocenters. The Labute approximate surface area is 136 Å². The SMILES string of the molecule is Cc1c2cnn(CC(=O)O)c(=O)c2c(C)n1Cc1ccccc1F. The summed E-state index contributed by atoms with van der Waals surface area (Å²) in [5.41, 5.74) is 1.51. The van der Waals surface area contributed by atoms with Gasteiger partial charge in [0.1, 0.15) is 12.4 Å². The lowest BCUT2D eigenvalue weighted by Crippen LogP contribution is -2.26. The van der Waals surface area contributed by atoms with Gasteiger partial charge in [0.25, 0.3) is 5.56 Å². The summed E-state index contributed by atoms with van der Waals surface area (Å²) in [5.74, 6) is -1.44. The normalized spacial score (nSPS) is 11.1. The van der Waals surface area contributed by atoms with Crippen molar-refractivity contribution in [1.29, 1.82) is 0 Å². The third-order valence-electron chi connectivity index (χ3n) is 4.18. The topological polar surface area (TPSA) is 77.1 Å². The second-order valence-corrected chi connectivity index (χ2v) is 5.64. The molecule has 6 nitrogen and oxygen atoms in total. The lowest BCUT2D eigenvalue weighted by atomic mass is 10.2. The van der Waals surface area contributed by atoms with Gasteiger partial charge >= 0.3 is 5.97 Å². The Bertz CT molecular complexity index is 1000. The van der Waals surface area contributed by atoms with Crippen LogP contribution in [-0.4, -0.2) is 25.4 Å². The molecule has 7 heteroatoms. The monoisotopic (exact) mass is 329 g/mol. The molecular formula is C17H16FN3O3. The fraction of sp³-hybridized carbons (Fsp3) is 0.235. The van der Waals surface area contributed by atoms with Crippen molar-refractivity contribution < 1.29 is 14.3 Å². The van der Waals surface area contributed by atoms with Gasteiger partial charge in [-0.25, -0.2) is 9.07 Å². The summed E-state index contributed by atoms with van der Waals surface area (Å²) in [4.78, 5) is 23.4. The van der Waals surface area contributed by atoms with Crippen LogP contribution >= 0.6 is 0 Å². The second kappa shape index (κ2) is 5.92. The van der Waals surface area contributed by atoms with Crippen LogP contribution in [0.5, 0.6) is 0 Å². The zero-order chi connectivity index (χ0) is 17.4. The minimum absolute atomic E-state index is 0.289. The first kappa shape index (κ1) is 15.9. The molecule has 0 aliphatic carbocycles. The van der Waals surface area contributed by atoms with Crippen LogP contribution in [0.3, 0.4) is 0 Å². The Hall–Kier alpha value is -2.96. The lowest BCUT2D eigenvalue weighted by Gasteiger charge is -2.10. The van der Waals surface area contributed by atoms with Crippen molar-refractivity contribution in [2.75, 3.05) is 0 Å². The molecule has 0 radical (unpaired) electrons. The Morgan fingerprint density at radius 3 is 2.62 bits per heavy atom. The molecule has 24 heavy (non-hydrogen) atoms. The van der Waals surface area contributed by atoms with Crippen LogP contribution < -0.4 is 5.56 Å². The first-order valence-electron chi connectivity index (χ1n) is 7.41. The van der Waals surface area contributed by atoms with Gasteiger partial charge in [-0.15, -0.1) is 0 Å². The number of halogens is 1. The van der Waals surface area contributed by atoms with Crippen molar-refractivity contribution >= 4 is 16.7 Å². The summed E-state index contributed by atoms with van der Waals surface area (Å²) in [7, 11) is 0. The lowest BCUT2D eigenvalue weighted by molar-refractivity contribution is -0.137. The molecule has 2 aromatic heterocycles. The molecule has 3 rings (SSSR count). The zero-order valence-electron chi connectivity index (χ0n) is 13.3. The third kappa shape index (κ3) is 2.58. The largest absolute Gasteiger partial charge is 0.480 e. The van der Waals surface area contributed by atoms with E-state index >= 15 is 0 Å². The Morgan fingerprint density at radius 1 is 1.25 bits per heavy atom. The highest BCUT2D eigenvalue weighted by molar-refractivity contribution is 5.87. The van der Waals surface area contributed by atoms with Crippen LogP contribution in [0.15, 0.2) is 35.3 Å². The maximum atomic E-state index is 13.9. The first-order valence-corrected chi connectivity index (χ1v) is 7.41. The van der Waals surface area contributed by atoms with Gasteiger partial charge in [0.05, 0.1) is 18.1 Å². The van der Waals surface area contributed by atoms with Crippen molar-refractivity contribution in [1.82, 2.24) is 14.3 Å². The Balaban J connectivity index is 2.17. The summed E-state index contributed by atoms with van der Waals surface area (Å²) in [6.07, 6.45) is 1.49. The number of fused-ring (bicyclic) bond motifs is 1. The number of aromatic nitrogens is 3. The van der Waals surface area contributed by atoms with E-state index in [1.54, 1.807) is 25.1 Å². The van der Waals surface area contributed by atoms with E-state index in [1.807, 2.05) is 11.5 Å². The van der Waals surface area contributed by atoms with Crippen molar-refractivity contribution in [3.05, 3.63) is 63.6 Å². The quantitative estimate of drug-likeness (QED) is 0.795. The van der Waals surface area contributed by atoms with Gasteiger partial charge in [-0.05, 0) is 19.9 Å². The van der Waals surface area contributed by atoms with Crippen molar-refractivity contribution in [3.8, 4) is 0 Å². The molecule has 1 N–H and O–H groups in total. The maximum Gasteiger partial charge on any atom is 0.325 e. The fourth-order valence-electron chi connectivity index (χ4n) is 2.92. The van der Waals surface area contributed by atoms with E-state index in [4.69, 9.17) is 5.11 Å². The van der Waals surface area contributed by atoms with E-state index in [1.165, 1.54) is 12.3 Å². The van der Waals surface area contributed by atoms with E-state index in [0.29, 0.717) is 22.0 Å². The maximum absolute atomic E-state index is 13.9. The van der Waals surface area contributed by atoms with Gasteiger partial charge in [0.15, 0.2) is 0 Å². The van der Waals surface area contributed by atoms with Gasteiger partial charge in [-0.1, -0.05) is 18.2 Å². The molecule has 0 aliphatic heterocycles. The molecule has 3 aromatic rings. The van der Waals surface area contributed by atoms with E-state index < -0.39 is 18.1 Å². The smallest absolute Gasteiger partial charge is 0.325 e. The number of aliphatic carboxylic acids is 1. The van der Waals surface area contributed by atoms with Crippen molar-refractivity contribution in [3.63, 3.8) is 0 Å². The number of hydrogen-bond acceptors (Lipinski definition) is 3. The number of aryl methyl sites for hydroxylation is 2. The van der Waals surface area contributed by atoms with Gasteiger partial charge < -0.3 is 9.67 Å². The van der Waals surface area contributed by atoms with Gasteiger partial charge in [0.2, 0.25) is 0 Å². The molecule has 1 aromatic carbocycles. The number of benzene rings is 1. The molecule has 0 spiro atoms. The number of carboxylic acids is 1. The van der Waals surface area contributed by atoms with E-state index in [0.717, 1.165) is 10.4 Å². The number of rotatable bonds is 4. The molecule has 0 aliphatic rings. The summed E-state index contributed by atoms with van der Waals surface area (Å²) < 4.78 is 16.7. The molecule has 0 bridgehead atoms. The molecule has 0 saturated heterocycles. The average Bonchev–Trinajstić information content (AvgIpc) is 2.77. The molecule has 2 heterocycles. The number of nitrogens with zero attached hydrogens (tertiary/aromatic N) is 3. The third-order valence-corrected chi connectivity index (χ3v) is 4.18. The predicted molar refractivity (Wildman–Crippen MR) is 86.6 cm³/mol. The van der Waals surface area contributed by atoms with Gasteiger partial charge in [0, 0.05) is 22.3 Å². The van der Waals surface area contributed by atoms with Crippen molar-refractivity contribution in [2.24, 2.45) is 0 Å². The zero-order valence-corrected chi connectivity index (χ0v) is 13.3. The second-order valence-electron chi connectivity index (χ2n) is 5.64. The molecule has 0 atom stereocenters. The van der Waals surface area contributed by atoms with Crippen LogP contribution in [0.4, 0.5) is 4.39 Å². The Kier molecular flexibility index (Phi) is 3.92. The molecule has 0 fully saturated rings. The fourth-order valence-corrected chi connectivity index (χ4v) is 2.92. The van der Waals surface area contributed by atoms with E-state index in [2.05, 4.69) is 5.10 Å². The number of hydrogen-bond donors (Lipinski definition) is 1. The highest BCUT2D eigenvalue weighted by Crippen LogP contribution is 2.23. The van der Waals surface area contributed by atoms with Gasteiger partial charge in [-0.3, -0.25) is 9.59 Å². The Morgan fingerprint density at radius 2 is 1.96 bits per heavy atom. The van der Waals surface area contributed by atoms with Crippen LogP contribution in [0.1, 0.15) is 17.0 Å². The standard InChI is InChI=1S/C17H16FN3O3/c1-10-13-7-19-21(9-15(22)23)17(24)16(13)11(2)20(10)8-12-5-3-4-6-14(12)18/h3-7H,8-9H2,1-2H3,(H,22,23). The molecular weight excluding hydrogens is 313 g/mol. The van der Waals surface area contributed by atoms with Gasteiger partial charge in [-0.2, -0.15) is 5.10 Å². The highest BCUT2D eigenvalue weighted by atomic mass is 19.1. The average molecular weight is 329 g/mol. The summed E-state index contributed by atoms with van der Waals surface area (Å²) in [6.45, 7) is 3.39. The minimum atomic E-state index is -1.14. The van der Waals surface area contributed by atoms with E-state index in [9.17, 15) is 14.0 Å². The number of carboxylic acid groups (broad SMARTS) is 1. The van der Waals surface area contributed by atoms with Crippen LogP contribution in [0.2, 0.25) is 0 Å². The van der Waals surface area contributed by atoms with Crippen LogP contribution in [0, 0.1) is 19.7 Å².